The molecule has 2 N–H and O–H groups in total. The molecule has 1 aromatic carbocycles. The van der Waals surface area contributed by atoms with E-state index >= 15 is 0 Å². The smallest absolute Gasteiger partial charge is 0.409 e. The fraction of sp³-hybridized carbons (Fsp3) is 0.522. The van der Waals surface area contributed by atoms with Crippen LogP contribution in [0.1, 0.15) is 19.8 Å². The van der Waals surface area contributed by atoms with Gasteiger partial charge in [0.15, 0.2) is 0 Å². The van der Waals surface area contributed by atoms with Gasteiger partial charge in [-0.15, -0.1) is 0 Å². The van der Waals surface area contributed by atoms with E-state index in [1.807, 2.05) is 18.2 Å². The summed E-state index contributed by atoms with van der Waals surface area (Å²) in [6.45, 7) is 7.17. The predicted molar refractivity (Wildman–Crippen MR) is 139 cm³/mol. The molecule has 0 bridgehead atoms. The number of nitrogens with one attached hydrogen (secondary N) is 2. The largest absolute Gasteiger partial charge is 0.450 e. The fourth-order valence-corrected chi connectivity index (χ4v) is 7.84. The van der Waals surface area contributed by atoms with E-state index in [1.54, 1.807) is 24.1 Å². The SMILES string of the molecule is CCOC(=O)N1CCC(N[SH](C)(=O)c2cc(Cl)c(Oc3cccc(N4CCNCC4)c3)s2)CC1. The number of rotatable bonds is 7. The number of benzene rings is 1. The number of hydrogen-bond donors (Lipinski definition) is 3. The van der Waals surface area contributed by atoms with Crippen LogP contribution in [0, 0.1) is 0 Å². The highest BCUT2D eigenvalue weighted by Crippen LogP contribution is 2.41. The molecule has 0 radical (unpaired) electrons. The van der Waals surface area contributed by atoms with Crippen LogP contribution in [-0.4, -0.2) is 73.4 Å². The maximum Gasteiger partial charge on any atom is 0.409 e. The lowest BCUT2D eigenvalue weighted by Crippen LogP contribution is -2.48. The van der Waals surface area contributed by atoms with Crippen molar-refractivity contribution in [2.45, 2.75) is 30.0 Å². The van der Waals surface area contributed by atoms with Crippen molar-refractivity contribution >= 4 is 44.8 Å². The summed E-state index contributed by atoms with van der Waals surface area (Å²) < 4.78 is 28.7. The molecule has 0 spiro atoms. The Morgan fingerprint density at radius 2 is 1.97 bits per heavy atom. The average Bonchev–Trinajstić information content (AvgIpc) is 3.21. The van der Waals surface area contributed by atoms with Crippen molar-refractivity contribution in [3.8, 4) is 10.8 Å². The van der Waals surface area contributed by atoms with Gasteiger partial charge in [0, 0.05) is 63.3 Å². The van der Waals surface area contributed by atoms with Crippen LogP contribution in [0.25, 0.3) is 0 Å². The third kappa shape index (κ3) is 6.23. The number of thiol groups is 1. The third-order valence-corrected chi connectivity index (χ3v) is 10.4. The molecule has 8 nitrogen and oxygen atoms in total. The minimum absolute atomic E-state index is 0.0578. The third-order valence-electron chi connectivity index (χ3n) is 6.02. The van der Waals surface area contributed by atoms with E-state index in [0.29, 0.717) is 39.7 Å². The summed E-state index contributed by atoms with van der Waals surface area (Å²) in [4.78, 5) is 15.9. The Morgan fingerprint density at radius 3 is 2.68 bits per heavy atom. The van der Waals surface area contributed by atoms with Crippen molar-refractivity contribution < 1.29 is 18.5 Å². The molecule has 11 heteroatoms. The minimum Gasteiger partial charge on any atom is -0.450 e. The van der Waals surface area contributed by atoms with Crippen LogP contribution in [0.5, 0.6) is 10.8 Å². The number of anilines is 1. The first-order chi connectivity index (χ1) is 16.4. The van der Waals surface area contributed by atoms with Crippen LogP contribution in [0.3, 0.4) is 0 Å². The number of hydrogen-bond acceptors (Lipinski definition) is 7. The van der Waals surface area contributed by atoms with Crippen LogP contribution in [0.2, 0.25) is 5.02 Å². The summed E-state index contributed by atoms with van der Waals surface area (Å²) >= 11 is 7.79. The fourth-order valence-electron chi connectivity index (χ4n) is 4.21. The van der Waals surface area contributed by atoms with Gasteiger partial charge in [-0.2, -0.15) is 0 Å². The second-order valence-electron chi connectivity index (χ2n) is 8.57. The molecule has 0 aliphatic carbocycles. The number of thiophene rings is 1. The zero-order valence-electron chi connectivity index (χ0n) is 19.6. The standard InChI is InChI=1S/C23H33ClN4O4S2/c1-3-31-23(29)28-11-7-17(8-12-28)26-34(2,30)21-16-20(24)22(33-21)32-19-6-4-5-18(15-19)27-13-9-25-10-14-27/h4-6,15-17,25,34H,3,7-14H2,1-2H3,(H,26,30). The molecule has 4 rings (SSSR count). The number of nitrogens with zero attached hydrogens (tertiary/aromatic N) is 2. The first-order valence-electron chi connectivity index (χ1n) is 11.7. The average molecular weight is 529 g/mol. The molecule has 0 atom stereocenters. The lowest BCUT2D eigenvalue weighted by Gasteiger charge is -2.34. The highest BCUT2D eigenvalue weighted by atomic mass is 35.5. The van der Waals surface area contributed by atoms with E-state index in [1.165, 1.54) is 11.3 Å². The van der Waals surface area contributed by atoms with E-state index in [9.17, 15) is 9.00 Å². The van der Waals surface area contributed by atoms with E-state index in [0.717, 1.165) is 44.7 Å². The monoisotopic (exact) mass is 528 g/mol. The maximum absolute atomic E-state index is 13.5. The number of carbonyl (C=O) groups excluding carboxylic acids is 1. The van der Waals surface area contributed by atoms with Gasteiger partial charge in [0.05, 0.1) is 15.8 Å². The molecule has 0 saturated carbocycles. The van der Waals surface area contributed by atoms with Crippen molar-refractivity contribution in [2.75, 3.05) is 57.0 Å². The number of carbonyl (C=O) groups is 1. The minimum atomic E-state index is -2.86. The Labute approximate surface area is 211 Å². The molecule has 2 aliphatic rings. The summed E-state index contributed by atoms with van der Waals surface area (Å²) in [7, 11) is -2.86. The Balaban J connectivity index is 1.38. The van der Waals surface area contributed by atoms with Crippen LogP contribution in [0.15, 0.2) is 34.5 Å². The van der Waals surface area contributed by atoms with Gasteiger partial charge in [0.25, 0.3) is 0 Å². The lowest BCUT2D eigenvalue weighted by molar-refractivity contribution is 0.0966. The number of ether oxygens (including phenoxy) is 2. The van der Waals surface area contributed by atoms with Gasteiger partial charge in [0.2, 0.25) is 5.06 Å². The molecule has 34 heavy (non-hydrogen) atoms. The van der Waals surface area contributed by atoms with Gasteiger partial charge in [-0.1, -0.05) is 29.0 Å². The van der Waals surface area contributed by atoms with Crippen molar-refractivity contribution in [1.82, 2.24) is 14.9 Å². The molecule has 1 aromatic heterocycles. The van der Waals surface area contributed by atoms with Crippen molar-refractivity contribution in [3.63, 3.8) is 0 Å². The second-order valence-corrected chi connectivity index (χ2v) is 12.9. The van der Waals surface area contributed by atoms with E-state index in [-0.39, 0.29) is 12.1 Å². The Hall–Kier alpha value is -1.85. The zero-order valence-corrected chi connectivity index (χ0v) is 22.1. The maximum atomic E-state index is 13.5. The first kappa shape index (κ1) is 25.2. The molecule has 2 aliphatic heterocycles. The normalized spacial score (nSPS) is 18.1. The lowest BCUT2D eigenvalue weighted by atomic mass is 10.1. The van der Waals surface area contributed by atoms with Crippen molar-refractivity contribution in [3.05, 3.63) is 35.4 Å². The van der Waals surface area contributed by atoms with Crippen LogP contribution >= 0.6 is 22.9 Å². The molecule has 3 heterocycles. The number of amides is 1. The Morgan fingerprint density at radius 1 is 1.24 bits per heavy atom. The molecule has 1 amide bonds. The topological polar surface area (TPSA) is 83.1 Å². The molecule has 2 aromatic rings. The summed E-state index contributed by atoms with van der Waals surface area (Å²) in [6.07, 6.45) is 2.88. The zero-order chi connectivity index (χ0) is 24.1. The van der Waals surface area contributed by atoms with Gasteiger partial charge in [-0.05, 0) is 48.1 Å². The summed E-state index contributed by atoms with van der Waals surface area (Å²) in [6, 6.07) is 9.78. The Kier molecular flexibility index (Phi) is 8.36. The molecule has 0 unspecified atom stereocenters. The molecular formula is C23H33ClN4O4S2. The van der Waals surface area contributed by atoms with Gasteiger partial charge < -0.3 is 24.6 Å². The number of piperidine rings is 1. The number of halogens is 1. The van der Waals surface area contributed by atoms with Crippen LogP contribution < -0.4 is 19.7 Å². The first-order valence-corrected chi connectivity index (χ1v) is 15.0. The van der Waals surface area contributed by atoms with Crippen LogP contribution in [0.4, 0.5) is 10.5 Å². The van der Waals surface area contributed by atoms with Gasteiger partial charge in [-0.3, -0.25) is 8.93 Å². The molecule has 2 saturated heterocycles. The quantitative estimate of drug-likeness (QED) is 0.475. The summed E-state index contributed by atoms with van der Waals surface area (Å²) in [5.41, 5.74) is 1.11. The second kappa shape index (κ2) is 11.3. The highest BCUT2D eigenvalue weighted by molar-refractivity contribution is 8.02. The molecule has 2 fully saturated rings. The van der Waals surface area contributed by atoms with Gasteiger partial charge >= 0.3 is 6.09 Å². The van der Waals surface area contributed by atoms with Gasteiger partial charge in [0.1, 0.15) is 5.75 Å². The summed E-state index contributed by atoms with van der Waals surface area (Å²) in [5, 5.41) is 4.35. The van der Waals surface area contributed by atoms with E-state index in [4.69, 9.17) is 21.1 Å². The highest BCUT2D eigenvalue weighted by Gasteiger charge is 2.27. The Bertz CT molecular complexity index is 1040. The number of piperazine rings is 1. The predicted octanol–water partition coefficient (Wildman–Crippen LogP) is 3.73. The summed E-state index contributed by atoms with van der Waals surface area (Å²) in [5.74, 6) is 0.705. The van der Waals surface area contributed by atoms with Crippen molar-refractivity contribution in [1.29, 1.82) is 0 Å². The van der Waals surface area contributed by atoms with E-state index < -0.39 is 10.1 Å². The van der Waals surface area contributed by atoms with Crippen molar-refractivity contribution in [2.24, 2.45) is 0 Å². The molecular weight excluding hydrogens is 496 g/mol. The van der Waals surface area contributed by atoms with Crippen LogP contribution in [-0.2, 0) is 14.9 Å². The van der Waals surface area contributed by atoms with E-state index in [2.05, 4.69) is 21.0 Å². The molecule has 188 valence electrons. The van der Waals surface area contributed by atoms with Gasteiger partial charge in [-0.25, -0.2) is 4.79 Å². The number of likely N-dealkylation sites (tertiary alicyclic amines) is 1.